The lowest BCUT2D eigenvalue weighted by atomic mass is 9.99. The molecule has 1 saturated carbocycles. The Bertz CT molecular complexity index is 671. The standard InChI is InChI=1S/C15H22N6O2/c1-22-9-7-11-4-2-3-8-21(11)15-14(16-10-5-6-10)17-12-13(18-15)20-23-19-12/h10-11H,2-9H2,1H3,(H,16,17,19). The average Bonchev–Trinajstić information content (AvgIpc) is 3.27. The number of fused-ring (bicyclic) bond motifs is 1. The molecule has 2 aromatic heterocycles. The quantitative estimate of drug-likeness (QED) is 0.865. The highest BCUT2D eigenvalue weighted by molar-refractivity contribution is 5.74. The summed E-state index contributed by atoms with van der Waals surface area (Å²) < 4.78 is 10.1. The number of hydrogen-bond acceptors (Lipinski definition) is 8. The maximum Gasteiger partial charge on any atom is 0.245 e. The Morgan fingerprint density at radius 3 is 2.78 bits per heavy atom. The van der Waals surface area contributed by atoms with Gasteiger partial charge in [-0.3, -0.25) is 0 Å². The van der Waals surface area contributed by atoms with Gasteiger partial charge in [-0.1, -0.05) is 0 Å². The average molecular weight is 318 g/mol. The predicted molar refractivity (Wildman–Crippen MR) is 85.5 cm³/mol. The van der Waals surface area contributed by atoms with Crippen LogP contribution in [0.2, 0.25) is 0 Å². The molecule has 2 fully saturated rings. The first-order chi connectivity index (χ1) is 11.3. The molecule has 0 bridgehead atoms. The van der Waals surface area contributed by atoms with Gasteiger partial charge in [0.25, 0.3) is 0 Å². The number of anilines is 2. The number of aromatic nitrogens is 4. The van der Waals surface area contributed by atoms with Crippen LogP contribution < -0.4 is 10.2 Å². The van der Waals surface area contributed by atoms with E-state index in [2.05, 4.69) is 25.5 Å². The van der Waals surface area contributed by atoms with Gasteiger partial charge in [-0.25, -0.2) is 14.6 Å². The second-order valence-electron chi connectivity index (χ2n) is 6.35. The van der Waals surface area contributed by atoms with Crippen LogP contribution >= 0.6 is 0 Å². The summed E-state index contributed by atoms with van der Waals surface area (Å²) in [6.07, 6.45) is 6.94. The van der Waals surface area contributed by atoms with Gasteiger partial charge in [-0.2, -0.15) is 0 Å². The topological polar surface area (TPSA) is 89.2 Å². The van der Waals surface area contributed by atoms with E-state index in [0.29, 0.717) is 23.4 Å². The highest BCUT2D eigenvalue weighted by Crippen LogP contribution is 2.33. The maximum absolute atomic E-state index is 5.28. The summed E-state index contributed by atoms with van der Waals surface area (Å²) in [5, 5.41) is 11.2. The molecule has 0 radical (unpaired) electrons. The molecular weight excluding hydrogens is 296 g/mol. The first-order valence-corrected chi connectivity index (χ1v) is 8.37. The second kappa shape index (κ2) is 6.27. The fraction of sp³-hybridized carbons (Fsp3) is 0.733. The fourth-order valence-electron chi connectivity index (χ4n) is 3.18. The van der Waals surface area contributed by atoms with Crippen molar-refractivity contribution < 1.29 is 9.37 Å². The molecule has 4 rings (SSSR count). The van der Waals surface area contributed by atoms with Gasteiger partial charge in [0.1, 0.15) is 0 Å². The van der Waals surface area contributed by atoms with Crippen LogP contribution in [0.1, 0.15) is 38.5 Å². The van der Waals surface area contributed by atoms with Crippen LogP contribution in [0.3, 0.4) is 0 Å². The van der Waals surface area contributed by atoms with Gasteiger partial charge in [-0.05, 0) is 48.8 Å². The number of hydrogen-bond donors (Lipinski definition) is 1. The zero-order chi connectivity index (χ0) is 15.6. The van der Waals surface area contributed by atoms with Crippen LogP contribution in [-0.2, 0) is 4.74 Å². The lowest BCUT2D eigenvalue weighted by molar-refractivity contribution is 0.182. The van der Waals surface area contributed by atoms with E-state index in [1.165, 1.54) is 25.7 Å². The molecule has 3 heterocycles. The summed E-state index contributed by atoms with van der Waals surface area (Å²) in [6, 6.07) is 0.928. The van der Waals surface area contributed by atoms with E-state index in [4.69, 9.17) is 14.3 Å². The number of ether oxygens (including phenoxy) is 1. The van der Waals surface area contributed by atoms with Crippen molar-refractivity contribution in [2.45, 2.75) is 50.6 Å². The Balaban J connectivity index is 1.68. The number of piperidine rings is 1. The smallest absolute Gasteiger partial charge is 0.245 e. The third-order valence-electron chi connectivity index (χ3n) is 4.57. The van der Waals surface area contributed by atoms with Crippen LogP contribution in [-0.4, -0.2) is 52.6 Å². The molecule has 0 amide bonds. The van der Waals surface area contributed by atoms with Crippen molar-refractivity contribution in [1.29, 1.82) is 0 Å². The number of nitrogens with one attached hydrogen (secondary N) is 1. The Morgan fingerprint density at radius 1 is 1.17 bits per heavy atom. The lowest BCUT2D eigenvalue weighted by Crippen LogP contribution is -2.41. The first-order valence-electron chi connectivity index (χ1n) is 8.37. The van der Waals surface area contributed by atoms with Gasteiger partial charge < -0.3 is 15.0 Å². The normalized spacial score (nSPS) is 21.8. The third-order valence-corrected chi connectivity index (χ3v) is 4.57. The summed E-state index contributed by atoms with van der Waals surface area (Å²) >= 11 is 0. The van der Waals surface area contributed by atoms with Crippen LogP contribution in [0.25, 0.3) is 11.3 Å². The van der Waals surface area contributed by atoms with Gasteiger partial charge >= 0.3 is 0 Å². The Kier molecular flexibility index (Phi) is 3.99. The monoisotopic (exact) mass is 318 g/mol. The van der Waals surface area contributed by atoms with E-state index in [9.17, 15) is 0 Å². The highest BCUT2D eigenvalue weighted by Gasteiger charge is 2.30. The number of nitrogens with zero attached hydrogens (tertiary/aromatic N) is 5. The Labute approximate surface area is 134 Å². The molecule has 1 atom stereocenters. The Morgan fingerprint density at radius 2 is 2.00 bits per heavy atom. The molecule has 1 saturated heterocycles. The van der Waals surface area contributed by atoms with Gasteiger partial charge in [0.2, 0.25) is 11.3 Å². The van der Waals surface area contributed by atoms with Crippen LogP contribution in [0.4, 0.5) is 11.6 Å². The molecule has 0 aromatic carbocycles. The zero-order valence-electron chi connectivity index (χ0n) is 13.4. The molecule has 1 aliphatic heterocycles. The van der Waals surface area contributed by atoms with Gasteiger partial charge in [0.15, 0.2) is 11.6 Å². The Hall–Kier alpha value is -1.96. The summed E-state index contributed by atoms with van der Waals surface area (Å²) in [5.41, 5.74) is 0.930. The third kappa shape index (κ3) is 3.08. The van der Waals surface area contributed by atoms with Gasteiger partial charge in [-0.15, -0.1) is 0 Å². The van der Waals surface area contributed by atoms with Crippen LogP contribution in [0, 0.1) is 0 Å². The van der Waals surface area contributed by atoms with Crippen molar-refractivity contribution in [2.24, 2.45) is 0 Å². The van der Waals surface area contributed by atoms with Gasteiger partial charge in [0.05, 0.1) is 0 Å². The van der Waals surface area contributed by atoms with E-state index in [0.717, 1.165) is 37.6 Å². The van der Waals surface area contributed by atoms with E-state index >= 15 is 0 Å². The van der Waals surface area contributed by atoms with Crippen molar-refractivity contribution in [2.75, 3.05) is 30.5 Å². The molecule has 0 spiro atoms. The summed E-state index contributed by atoms with van der Waals surface area (Å²) in [4.78, 5) is 11.6. The molecular formula is C15H22N6O2. The largest absolute Gasteiger partial charge is 0.385 e. The summed E-state index contributed by atoms with van der Waals surface area (Å²) in [6.45, 7) is 1.74. The van der Waals surface area contributed by atoms with E-state index in [-0.39, 0.29) is 0 Å². The molecule has 2 aromatic rings. The minimum atomic E-state index is 0.426. The predicted octanol–water partition coefficient (Wildman–Crippen LogP) is 1.98. The molecule has 124 valence electrons. The number of methoxy groups -OCH3 is 1. The van der Waals surface area contributed by atoms with Gasteiger partial charge in [0, 0.05) is 32.3 Å². The maximum atomic E-state index is 5.28. The van der Waals surface area contributed by atoms with E-state index in [1.54, 1.807) is 7.11 Å². The van der Waals surface area contributed by atoms with Crippen LogP contribution in [0.15, 0.2) is 4.63 Å². The van der Waals surface area contributed by atoms with E-state index < -0.39 is 0 Å². The van der Waals surface area contributed by atoms with E-state index in [1.807, 2.05) is 0 Å². The SMILES string of the molecule is COCCC1CCCCN1c1nc2nonc2nc1NC1CC1. The number of rotatable bonds is 6. The minimum absolute atomic E-state index is 0.426. The van der Waals surface area contributed by atoms with Crippen LogP contribution in [0.5, 0.6) is 0 Å². The fourth-order valence-corrected chi connectivity index (χ4v) is 3.18. The molecule has 1 N–H and O–H groups in total. The van der Waals surface area contributed by atoms with Crippen molar-refractivity contribution in [3.8, 4) is 0 Å². The molecule has 1 unspecified atom stereocenters. The molecule has 1 aliphatic carbocycles. The zero-order valence-corrected chi connectivity index (χ0v) is 13.4. The molecule has 8 nitrogen and oxygen atoms in total. The van der Waals surface area contributed by atoms with Crippen molar-refractivity contribution in [3.63, 3.8) is 0 Å². The molecule has 2 aliphatic rings. The second-order valence-corrected chi connectivity index (χ2v) is 6.35. The molecule has 23 heavy (non-hydrogen) atoms. The first kappa shape index (κ1) is 14.6. The van der Waals surface area contributed by atoms with Crippen molar-refractivity contribution >= 4 is 22.9 Å². The highest BCUT2D eigenvalue weighted by atomic mass is 16.6. The van der Waals surface area contributed by atoms with Crippen molar-refractivity contribution in [1.82, 2.24) is 20.3 Å². The summed E-state index contributed by atoms with van der Waals surface area (Å²) in [7, 11) is 1.75. The summed E-state index contributed by atoms with van der Waals surface area (Å²) in [5.74, 6) is 1.68. The minimum Gasteiger partial charge on any atom is -0.385 e. The molecule has 8 heteroatoms. The van der Waals surface area contributed by atoms with Crippen molar-refractivity contribution in [3.05, 3.63) is 0 Å². The lowest BCUT2D eigenvalue weighted by Gasteiger charge is -2.37.